The Balaban J connectivity index is 0.000000245. The summed E-state index contributed by atoms with van der Waals surface area (Å²) in [5.41, 5.74) is 0. The average molecular weight is 365 g/mol. The Morgan fingerprint density at radius 3 is 1.07 bits per heavy atom. The van der Waals surface area contributed by atoms with Crippen LogP contribution in [0.2, 0.25) is 8.09 Å². The zero-order valence-electron chi connectivity index (χ0n) is 9.48. The van der Waals surface area contributed by atoms with E-state index in [0.717, 1.165) is 8.09 Å². The molecule has 0 aromatic heterocycles. The molecule has 0 aromatic carbocycles. The van der Waals surface area contributed by atoms with Gasteiger partial charge in [-0.2, -0.15) is 0 Å². The highest BCUT2D eigenvalue weighted by atomic mass is 79.9. The maximum absolute atomic E-state index is 3.62. The molecule has 2 aliphatic rings. The van der Waals surface area contributed by atoms with Crippen LogP contribution in [-0.4, -0.2) is 41.9 Å². The van der Waals surface area contributed by atoms with Crippen LogP contribution in [0.5, 0.6) is 0 Å². The first kappa shape index (κ1) is 17.5. The molecule has 0 heterocycles. The predicted molar refractivity (Wildman–Crippen MR) is 77.4 cm³/mol. The molecule has 84 valence electrons. The molecule has 2 aliphatic carbocycles. The molecule has 0 radical (unpaired) electrons. The minimum Gasteiger partial charge on any atom is -0.412 e. The lowest BCUT2D eigenvalue weighted by Gasteiger charge is -1.96. The van der Waals surface area contributed by atoms with Gasteiger partial charge in [0.2, 0.25) is 0 Å². The largest absolute Gasteiger partial charge is 0.471 e. The molecule has 0 saturated heterocycles. The van der Waals surface area contributed by atoms with Crippen molar-refractivity contribution in [2.75, 3.05) is 0 Å². The van der Waals surface area contributed by atoms with Gasteiger partial charge in [0.05, 0.1) is 0 Å². The summed E-state index contributed by atoms with van der Waals surface area (Å²) >= 11 is 7.64. The van der Waals surface area contributed by atoms with Crippen LogP contribution < -0.4 is 0 Å². The summed E-state index contributed by atoms with van der Waals surface area (Å²) in [5, 5.41) is 0. The number of rotatable bonds is 2. The molecular weight excluding hydrogens is 345 g/mol. The first-order valence-corrected chi connectivity index (χ1v) is 15.4. The van der Waals surface area contributed by atoms with Gasteiger partial charge in [0.1, 0.15) is 0 Å². The molecule has 5 heteroatoms. The fourth-order valence-electron chi connectivity index (χ4n) is 2.33. The third-order valence-electron chi connectivity index (χ3n) is 3.39. The highest BCUT2D eigenvalue weighted by molar-refractivity contribution is 9.23. The third-order valence-corrected chi connectivity index (χ3v) is 11.4. The maximum atomic E-state index is 3.62. The van der Waals surface area contributed by atoms with Crippen LogP contribution in [0.1, 0.15) is 51.4 Å². The van der Waals surface area contributed by atoms with Gasteiger partial charge in [0.25, 0.3) is 0 Å². The van der Waals surface area contributed by atoms with Gasteiger partial charge in [0.15, 0.2) is 0 Å². The molecule has 0 aliphatic heterocycles. The van der Waals surface area contributed by atoms with Gasteiger partial charge in [-0.1, -0.05) is 51.4 Å². The lowest BCUT2D eigenvalue weighted by molar-refractivity contribution is 0.824. The van der Waals surface area contributed by atoms with E-state index in [0.29, 0.717) is 0 Å². The van der Waals surface area contributed by atoms with Crippen LogP contribution in [0, 0.1) is 0 Å². The standard InChI is InChI=1S/2C5H9.2BrH.2Mg.H2O/c2*1-2-4-5-3-1;;;;;/h2*1H,2-5H2;2*1H;;;1H2/q;;;;2*+1;/p-2. The third kappa shape index (κ3) is 8.22. The van der Waals surface area contributed by atoms with Crippen LogP contribution in [0.15, 0.2) is 0 Å². The average Bonchev–Trinajstić information content (AvgIpc) is 2.92. The molecule has 2 fully saturated rings. The Morgan fingerprint density at radius 2 is 0.933 bits per heavy atom. The molecule has 0 aromatic rings. The van der Waals surface area contributed by atoms with Crippen molar-refractivity contribution in [3.63, 3.8) is 0 Å². The van der Waals surface area contributed by atoms with Crippen LogP contribution in [0.3, 0.4) is 0 Å². The molecule has 1 nitrogen and oxygen atoms in total. The Labute approximate surface area is 125 Å². The summed E-state index contributed by atoms with van der Waals surface area (Å²) in [4.78, 5) is 0. The van der Waals surface area contributed by atoms with Crippen molar-refractivity contribution < 1.29 is 5.48 Å². The van der Waals surface area contributed by atoms with Gasteiger partial charge in [0, 0.05) is 0 Å². The van der Waals surface area contributed by atoms with Crippen molar-refractivity contribution in [3.05, 3.63) is 0 Å². The number of hydrogen-bond donors (Lipinski definition) is 0. The number of halogens is 2. The second-order valence-electron chi connectivity index (χ2n) is 4.61. The molecular formula is C10H20Br2Mg2O. The fraction of sp³-hybridized carbons (Fsp3) is 1.00. The second kappa shape index (κ2) is 11.5. The van der Waals surface area contributed by atoms with E-state index in [2.05, 4.69) is 25.8 Å². The van der Waals surface area contributed by atoms with E-state index in [1.807, 2.05) is 0 Å². The smallest absolute Gasteiger partial charge is 0.412 e. The van der Waals surface area contributed by atoms with Gasteiger partial charge >= 0.3 is 36.4 Å². The Kier molecular flexibility index (Phi) is 13.4. The van der Waals surface area contributed by atoms with Crippen molar-refractivity contribution in [1.29, 1.82) is 0 Å². The molecule has 0 atom stereocenters. The molecule has 0 bridgehead atoms. The second-order valence-corrected chi connectivity index (χ2v) is 11.4. The molecule has 15 heavy (non-hydrogen) atoms. The van der Waals surface area contributed by atoms with Crippen molar-refractivity contribution >= 4 is 62.2 Å². The van der Waals surface area contributed by atoms with Gasteiger partial charge in [-0.05, 0) is 0 Å². The van der Waals surface area contributed by atoms with Crippen molar-refractivity contribution in [3.8, 4) is 0 Å². The SMILES string of the molecule is O.[Br][Mg][CH]1CCCC1.[Br][Mg][CH]1CCCC1. The maximum Gasteiger partial charge on any atom is 0.471 e. The van der Waals surface area contributed by atoms with Crippen molar-refractivity contribution in [2.24, 2.45) is 0 Å². The molecule has 2 saturated carbocycles. The Morgan fingerprint density at radius 1 is 0.667 bits per heavy atom. The molecule has 0 amide bonds. The van der Waals surface area contributed by atoms with E-state index < -0.39 is 0 Å². The predicted octanol–water partition coefficient (Wildman–Crippen LogP) is 3.90. The van der Waals surface area contributed by atoms with Gasteiger partial charge in [-0.25, -0.2) is 0 Å². The van der Waals surface area contributed by atoms with E-state index in [4.69, 9.17) is 0 Å². The number of hydrogen-bond acceptors (Lipinski definition) is 0. The zero-order valence-corrected chi connectivity index (χ0v) is 15.5. The first-order chi connectivity index (χ1) is 6.86. The fourth-order valence-corrected chi connectivity index (χ4v) is 7.99. The summed E-state index contributed by atoms with van der Waals surface area (Å²) in [6.45, 7) is 0. The topological polar surface area (TPSA) is 31.5 Å². The summed E-state index contributed by atoms with van der Waals surface area (Å²) in [6, 6.07) is 0. The zero-order chi connectivity index (χ0) is 10.2. The van der Waals surface area contributed by atoms with E-state index in [1.54, 1.807) is 0 Å². The van der Waals surface area contributed by atoms with E-state index in [-0.39, 0.29) is 41.9 Å². The molecule has 2 N–H and O–H groups in total. The summed E-state index contributed by atoms with van der Waals surface area (Å²) < 4.78 is 2.31. The summed E-state index contributed by atoms with van der Waals surface area (Å²) in [7, 11) is 0. The Bertz CT molecular complexity index is 121. The summed E-state index contributed by atoms with van der Waals surface area (Å²) in [6.07, 6.45) is 12.1. The van der Waals surface area contributed by atoms with E-state index >= 15 is 0 Å². The quantitative estimate of drug-likeness (QED) is 0.666. The van der Waals surface area contributed by atoms with E-state index in [1.165, 1.54) is 51.4 Å². The molecule has 0 unspecified atom stereocenters. The van der Waals surface area contributed by atoms with Crippen molar-refractivity contribution in [1.82, 2.24) is 0 Å². The molecule has 0 spiro atoms. The Hall–Kier alpha value is 2.45. The van der Waals surface area contributed by atoms with Crippen molar-refractivity contribution in [2.45, 2.75) is 59.5 Å². The van der Waals surface area contributed by atoms with Gasteiger partial charge in [-0.3, -0.25) is 0 Å². The van der Waals surface area contributed by atoms with Crippen LogP contribution in [0.4, 0.5) is 0 Å². The van der Waals surface area contributed by atoms with Gasteiger partial charge < -0.3 is 31.2 Å². The minimum atomic E-state index is 0. The minimum absolute atomic E-state index is 0. The highest BCUT2D eigenvalue weighted by Gasteiger charge is 2.15. The molecule has 2 rings (SSSR count). The monoisotopic (exact) mass is 362 g/mol. The van der Waals surface area contributed by atoms with Crippen LogP contribution in [0.25, 0.3) is 0 Å². The lowest BCUT2D eigenvalue weighted by Crippen LogP contribution is -1.87. The van der Waals surface area contributed by atoms with Crippen LogP contribution >= 0.6 is 25.8 Å². The van der Waals surface area contributed by atoms with Crippen LogP contribution in [-0.2, 0) is 0 Å². The van der Waals surface area contributed by atoms with E-state index in [9.17, 15) is 0 Å². The highest BCUT2D eigenvalue weighted by Crippen LogP contribution is 2.30. The first-order valence-electron chi connectivity index (χ1n) is 5.98. The van der Waals surface area contributed by atoms with Gasteiger partial charge in [-0.15, -0.1) is 8.09 Å². The lowest BCUT2D eigenvalue weighted by atomic mass is 10.4. The summed E-state index contributed by atoms with van der Waals surface area (Å²) in [5.74, 6) is 0. The normalized spacial score (nSPS) is 20.9.